The zero-order valence-electron chi connectivity index (χ0n) is 11.5. The summed E-state index contributed by atoms with van der Waals surface area (Å²) in [6.07, 6.45) is 4.41. The van der Waals surface area contributed by atoms with Crippen molar-refractivity contribution in [3.63, 3.8) is 0 Å². The van der Waals surface area contributed by atoms with E-state index in [1.54, 1.807) is 7.11 Å². The third-order valence-electron chi connectivity index (χ3n) is 2.96. The first-order valence-electron chi connectivity index (χ1n) is 6.72. The lowest BCUT2D eigenvalue weighted by Gasteiger charge is -2.23. The van der Waals surface area contributed by atoms with Crippen LogP contribution in [0.2, 0.25) is 0 Å². The molecule has 6 heteroatoms. The molecule has 2 rings (SSSR count). The van der Waals surface area contributed by atoms with E-state index in [0.717, 1.165) is 39.0 Å². The van der Waals surface area contributed by atoms with E-state index in [4.69, 9.17) is 14.2 Å². The number of aromatic nitrogens is 2. The van der Waals surface area contributed by atoms with Gasteiger partial charge in [0.2, 0.25) is 5.75 Å². The number of nitrogens with one attached hydrogen (secondary N) is 1. The second-order valence-electron chi connectivity index (χ2n) is 4.42. The number of hydrogen-bond acceptors (Lipinski definition) is 6. The van der Waals surface area contributed by atoms with Gasteiger partial charge in [0.15, 0.2) is 5.82 Å². The van der Waals surface area contributed by atoms with Crippen LogP contribution >= 0.6 is 0 Å². The van der Waals surface area contributed by atoms with Crippen LogP contribution in [0.4, 0.5) is 5.82 Å². The van der Waals surface area contributed by atoms with E-state index in [0.29, 0.717) is 17.4 Å². The van der Waals surface area contributed by atoms with Crippen LogP contribution in [0.1, 0.15) is 26.2 Å². The molecular weight excluding hydrogens is 246 g/mol. The molecule has 19 heavy (non-hydrogen) atoms. The molecule has 0 aliphatic carbocycles. The highest BCUT2D eigenvalue weighted by Crippen LogP contribution is 2.32. The summed E-state index contributed by atoms with van der Waals surface area (Å²) in [7, 11) is 1.60. The van der Waals surface area contributed by atoms with Crippen LogP contribution in [-0.4, -0.2) is 42.9 Å². The molecule has 0 radical (unpaired) electrons. The van der Waals surface area contributed by atoms with E-state index >= 15 is 0 Å². The van der Waals surface area contributed by atoms with E-state index in [-0.39, 0.29) is 6.10 Å². The van der Waals surface area contributed by atoms with Gasteiger partial charge in [0.25, 0.3) is 5.88 Å². The smallest absolute Gasteiger partial charge is 0.262 e. The van der Waals surface area contributed by atoms with Gasteiger partial charge in [-0.05, 0) is 6.42 Å². The lowest BCUT2D eigenvalue weighted by molar-refractivity contribution is 0.0226. The van der Waals surface area contributed by atoms with E-state index in [2.05, 4.69) is 22.2 Å². The van der Waals surface area contributed by atoms with Crippen molar-refractivity contribution in [3.8, 4) is 11.6 Å². The molecule has 1 aliphatic heterocycles. The Hall–Kier alpha value is -1.56. The van der Waals surface area contributed by atoms with E-state index in [1.165, 1.54) is 6.33 Å². The SMILES string of the molecule is CCCNc1ncnc(OC2CCOCC2)c1OC. The number of ether oxygens (including phenoxy) is 3. The summed E-state index contributed by atoms with van der Waals surface area (Å²) in [5.41, 5.74) is 0. The normalized spacial score (nSPS) is 16.1. The Labute approximate surface area is 113 Å². The third-order valence-corrected chi connectivity index (χ3v) is 2.96. The number of nitrogens with zero attached hydrogens (tertiary/aromatic N) is 2. The van der Waals surface area contributed by atoms with Crippen LogP contribution in [-0.2, 0) is 4.74 Å². The van der Waals surface area contributed by atoms with Crippen LogP contribution in [0, 0.1) is 0 Å². The molecule has 0 aromatic carbocycles. The van der Waals surface area contributed by atoms with Crippen LogP contribution in [0.25, 0.3) is 0 Å². The molecule has 0 saturated carbocycles. The minimum Gasteiger partial charge on any atom is -0.489 e. The first-order valence-corrected chi connectivity index (χ1v) is 6.72. The van der Waals surface area contributed by atoms with Crippen LogP contribution in [0.5, 0.6) is 11.6 Å². The summed E-state index contributed by atoms with van der Waals surface area (Å²) in [6, 6.07) is 0. The fourth-order valence-electron chi connectivity index (χ4n) is 1.95. The second kappa shape index (κ2) is 7.13. The van der Waals surface area contributed by atoms with Gasteiger partial charge < -0.3 is 19.5 Å². The fraction of sp³-hybridized carbons (Fsp3) is 0.692. The van der Waals surface area contributed by atoms with Crippen molar-refractivity contribution in [2.24, 2.45) is 0 Å². The van der Waals surface area contributed by atoms with Gasteiger partial charge in [-0.3, -0.25) is 0 Å². The summed E-state index contributed by atoms with van der Waals surface area (Å²) < 4.78 is 16.6. The Balaban J connectivity index is 2.09. The van der Waals surface area contributed by atoms with Crippen molar-refractivity contribution >= 4 is 5.82 Å². The van der Waals surface area contributed by atoms with Gasteiger partial charge in [-0.1, -0.05) is 6.92 Å². The predicted octanol–water partition coefficient (Wildman–Crippen LogP) is 1.86. The van der Waals surface area contributed by atoms with Crippen LogP contribution < -0.4 is 14.8 Å². The summed E-state index contributed by atoms with van der Waals surface area (Å²) in [5.74, 6) is 1.76. The standard InChI is InChI=1S/C13H21N3O3/c1-3-6-14-12-11(17-2)13(16-9-15-12)19-10-4-7-18-8-5-10/h9-10H,3-8H2,1-2H3,(H,14,15,16). The molecule has 106 valence electrons. The number of methoxy groups -OCH3 is 1. The molecule has 1 fully saturated rings. The Morgan fingerprint density at radius 2 is 2.16 bits per heavy atom. The van der Waals surface area contributed by atoms with Crippen molar-refractivity contribution in [2.75, 3.05) is 32.2 Å². The molecule has 1 aromatic rings. The Bertz CT molecular complexity index is 395. The van der Waals surface area contributed by atoms with Crippen molar-refractivity contribution in [1.82, 2.24) is 9.97 Å². The molecule has 1 N–H and O–H groups in total. The first kappa shape index (κ1) is 13.9. The Kier molecular flexibility index (Phi) is 5.20. The Morgan fingerprint density at radius 3 is 2.84 bits per heavy atom. The zero-order valence-corrected chi connectivity index (χ0v) is 11.5. The van der Waals surface area contributed by atoms with Gasteiger partial charge in [-0.25, -0.2) is 4.98 Å². The lowest BCUT2D eigenvalue weighted by atomic mass is 10.1. The van der Waals surface area contributed by atoms with Crippen molar-refractivity contribution < 1.29 is 14.2 Å². The summed E-state index contributed by atoms with van der Waals surface area (Å²) in [6.45, 7) is 4.40. The van der Waals surface area contributed by atoms with Crippen molar-refractivity contribution in [3.05, 3.63) is 6.33 Å². The molecule has 0 amide bonds. The predicted molar refractivity (Wildman–Crippen MR) is 71.8 cm³/mol. The van der Waals surface area contributed by atoms with Crippen LogP contribution in [0.3, 0.4) is 0 Å². The molecule has 1 aliphatic rings. The topological polar surface area (TPSA) is 65.5 Å². The number of hydrogen-bond donors (Lipinski definition) is 1. The second-order valence-corrected chi connectivity index (χ2v) is 4.42. The van der Waals surface area contributed by atoms with E-state index in [1.807, 2.05) is 0 Å². The zero-order chi connectivity index (χ0) is 13.5. The van der Waals surface area contributed by atoms with Gasteiger partial charge >= 0.3 is 0 Å². The quantitative estimate of drug-likeness (QED) is 0.848. The molecule has 0 bridgehead atoms. The molecule has 1 saturated heterocycles. The third kappa shape index (κ3) is 3.70. The van der Waals surface area contributed by atoms with Crippen molar-refractivity contribution in [1.29, 1.82) is 0 Å². The average Bonchev–Trinajstić information content (AvgIpc) is 2.46. The maximum atomic E-state index is 5.90. The van der Waals surface area contributed by atoms with Gasteiger partial charge in [0, 0.05) is 19.4 Å². The summed E-state index contributed by atoms with van der Waals surface area (Å²) in [5, 5.41) is 3.21. The van der Waals surface area contributed by atoms with Gasteiger partial charge in [0.05, 0.1) is 20.3 Å². The maximum Gasteiger partial charge on any atom is 0.262 e. The van der Waals surface area contributed by atoms with Crippen LogP contribution in [0.15, 0.2) is 6.33 Å². The van der Waals surface area contributed by atoms with Crippen molar-refractivity contribution in [2.45, 2.75) is 32.3 Å². The number of anilines is 1. The highest BCUT2D eigenvalue weighted by atomic mass is 16.5. The minimum absolute atomic E-state index is 0.136. The number of rotatable bonds is 6. The molecule has 1 aromatic heterocycles. The molecule has 2 heterocycles. The summed E-state index contributed by atoms with van der Waals surface area (Å²) >= 11 is 0. The highest BCUT2D eigenvalue weighted by Gasteiger charge is 2.20. The molecular formula is C13H21N3O3. The minimum atomic E-state index is 0.136. The molecule has 0 spiro atoms. The highest BCUT2D eigenvalue weighted by molar-refractivity contribution is 5.55. The monoisotopic (exact) mass is 267 g/mol. The Morgan fingerprint density at radius 1 is 1.37 bits per heavy atom. The van der Waals surface area contributed by atoms with Gasteiger partial charge in [-0.2, -0.15) is 4.98 Å². The molecule has 0 unspecified atom stereocenters. The maximum absolute atomic E-state index is 5.90. The fourth-order valence-corrected chi connectivity index (χ4v) is 1.95. The summed E-state index contributed by atoms with van der Waals surface area (Å²) in [4.78, 5) is 8.36. The average molecular weight is 267 g/mol. The van der Waals surface area contributed by atoms with Gasteiger partial charge in [0.1, 0.15) is 12.4 Å². The van der Waals surface area contributed by atoms with Gasteiger partial charge in [-0.15, -0.1) is 0 Å². The first-order chi connectivity index (χ1) is 9.35. The largest absolute Gasteiger partial charge is 0.489 e. The van der Waals surface area contributed by atoms with E-state index < -0.39 is 0 Å². The molecule has 0 atom stereocenters. The molecule has 6 nitrogen and oxygen atoms in total. The van der Waals surface area contributed by atoms with E-state index in [9.17, 15) is 0 Å². The lowest BCUT2D eigenvalue weighted by Crippen LogP contribution is -2.26.